The maximum Gasteiger partial charge on any atom is 0.401 e. The first kappa shape index (κ1) is 23.7. The molecule has 9 heteroatoms. The first-order valence-electron chi connectivity index (χ1n) is 9.27. The molecule has 0 saturated carbocycles. The summed E-state index contributed by atoms with van der Waals surface area (Å²) < 4.78 is 37.4. The quantitative estimate of drug-likeness (QED) is 0.353. The van der Waals surface area contributed by atoms with Crippen LogP contribution in [0.2, 0.25) is 0 Å². The van der Waals surface area contributed by atoms with Crippen molar-refractivity contribution >= 4 is 29.9 Å². The molecule has 2 rings (SSSR count). The minimum absolute atomic E-state index is 0. The number of alkyl halides is 3. The molecule has 2 N–H and O–H groups in total. The lowest BCUT2D eigenvalue weighted by Crippen LogP contribution is -2.50. The summed E-state index contributed by atoms with van der Waals surface area (Å²) in [6.07, 6.45) is -0.878. The van der Waals surface area contributed by atoms with Crippen molar-refractivity contribution in [2.24, 2.45) is 10.9 Å². The van der Waals surface area contributed by atoms with E-state index in [1.165, 1.54) is 17.7 Å². The van der Waals surface area contributed by atoms with Gasteiger partial charge in [0, 0.05) is 45.3 Å². The Kier molecular flexibility index (Phi) is 9.95. The van der Waals surface area contributed by atoms with Crippen molar-refractivity contribution in [2.75, 3.05) is 46.3 Å². The molecule has 0 aromatic rings. The number of hydrogen-bond acceptors (Lipinski definition) is 3. The van der Waals surface area contributed by atoms with Crippen LogP contribution < -0.4 is 10.6 Å². The van der Waals surface area contributed by atoms with Gasteiger partial charge in [-0.05, 0) is 38.6 Å². The predicted molar refractivity (Wildman–Crippen MR) is 110 cm³/mol. The Hall–Kier alpha value is -0.290. The van der Waals surface area contributed by atoms with Crippen molar-refractivity contribution in [1.29, 1.82) is 0 Å². The summed E-state index contributed by atoms with van der Waals surface area (Å²) in [6, 6.07) is 0.422. The lowest BCUT2D eigenvalue weighted by atomic mass is 9.99. The van der Waals surface area contributed by atoms with Crippen LogP contribution in [0.15, 0.2) is 4.99 Å². The zero-order valence-corrected chi connectivity index (χ0v) is 18.3. The Morgan fingerprint density at radius 3 is 2.58 bits per heavy atom. The molecule has 0 radical (unpaired) electrons. The van der Waals surface area contributed by atoms with E-state index in [0.29, 0.717) is 31.5 Å². The number of nitrogens with one attached hydrogen (secondary N) is 2. The number of piperidine rings is 1. The van der Waals surface area contributed by atoms with Crippen LogP contribution in [-0.4, -0.2) is 80.3 Å². The SMILES string of the molecule is CN=C(NCC(C)N1CCCC(C)C1)NC1CCN(CC(F)(F)F)C1.I. The maximum absolute atomic E-state index is 12.5. The smallest absolute Gasteiger partial charge is 0.355 e. The number of rotatable bonds is 5. The second-order valence-electron chi connectivity index (χ2n) is 7.52. The van der Waals surface area contributed by atoms with Gasteiger partial charge in [-0.2, -0.15) is 13.2 Å². The largest absolute Gasteiger partial charge is 0.401 e. The zero-order valence-electron chi connectivity index (χ0n) is 16.0. The summed E-state index contributed by atoms with van der Waals surface area (Å²) in [5.74, 6) is 1.42. The number of hydrogen-bond donors (Lipinski definition) is 2. The second-order valence-corrected chi connectivity index (χ2v) is 7.52. The molecular weight excluding hydrogens is 458 g/mol. The molecule has 2 fully saturated rings. The van der Waals surface area contributed by atoms with E-state index in [9.17, 15) is 13.2 Å². The zero-order chi connectivity index (χ0) is 18.4. The summed E-state index contributed by atoms with van der Waals surface area (Å²) in [6.45, 7) is 7.58. The molecule has 0 aromatic heterocycles. The first-order chi connectivity index (χ1) is 11.8. The normalized spacial score (nSPS) is 27.1. The van der Waals surface area contributed by atoms with Gasteiger partial charge in [-0.3, -0.25) is 14.8 Å². The van der Waals surface area contributed by atoms with Gasteiger partial charge in [-0.1, -0.05) is 6.92 Å². The van der Waals surface area contributed by atoms with Crippen molar-refractivity contribution in [2.45, 2.75) is 51.4 Å². The highest BCUT2D eigenvalue weighted by atomic mass is 127. The van der Waals surface area contributed by atoms with Gasteiger partial charge in [0.1, 0.15) is 0 Å². The third kappa shape index (κ3) is 8.16. The summed E-state index contributed by atoms with van der Waals surface area (Å²) in [4.78, 5) is 8.16. The molecule has 26 heavy (non-hydrogen) atoms. The highest BCUT2D eigenvalue weighted by molar-refractivity contribution is 14.0. The van der Waals surface area contributed by atoms with E-state index in [1.807, 2.05) is 0 Å². The molecule has 0 bridgehead atoms. The Morgan fingerprint density at radius 2 is 1.96 bits per heavy atom. The Labute approximate surface area is 172 Å². The van der Waals surface area contributed by atoms with Crippen molar-refractivity contribution < 1.29 is 13.2 Å². The fraction of sp³-hybridized carbons (Fsp3) is 0.941. The number of guanidine groups is 1. The monoisotopic (exact) mass is 491 g/mol. The molecule has 2 aliphatic rings. The molecule has 5 nitrogen and oxygen atoms in total. The van der Waals surface area contributed by atoms with Crippen LogP contribution >= 0.6 is 24.0 Å². The third-order valence-corrected chi connectivity index (χ3v) is 5.12. The molecule has 2 heterocycles. The number of aliphatic imine (C=N–C) groups is 1. The average Bonchev–Trinajstić information content (AvgIpc) is 2.96. The van der Waals surface area contributed by atoms with Crippen molar-refractivity contribution in [3.63, 3.8) is 0 Å². The Bertz CT molecular complexity index is 447. The first-order valence-corrected chi connectivity index (χ1v) is 9.27. The van der Waals surface area contributed by atoms with E-state index in [-0.39, 0.29) is 30.0 Å². The van der Waals surface area contributed by atoms with Crippen molar-refractivity contribution in [3.8, 4) is 0 Å². The standard InChI is InChI=1S/C17H32F3N5.HI/c1-13-5-4-7-25(10-13)14(2)9-22-16(21-3)23-15-6-8-24(11-15)12-17(18,19)20;/h13-15H,4-12H2,1-3H3,(H2,21,22,23);1H. The third-order valence-electron chi connectivity index (χ3n) is 5.12. The molecule has 2 saturated heterocycles. The van der Waals surface area contributed by atoms with Crippen LogP contribution in [0.5, 0.6) is 0 Å². The highest BCUT2D eigenvalue weighted by Crippen LogP contribution is 2.20. The predicted octanol–water partition coefficient (Wildman–Crippen LogP) is 2.53. The van der Waals surface area contributed by atoms with Crippen LogP contribution in [0.3, 0.4) is 0 Å². The number of nitrogens with zero attached hydrogens (tertiary/aromatic N) is 3. The van der Waals surface area contributed by atoms with Crippen LogP contribution in [0.4, 0.5) is 13.2 Å². The molecule has 154 valence electrons. The number of likely N-dealkylation sites (tertiary alicyclic amines) is 2. The fourth-order valence-corrected chi connectivity index (χ4v) is 3.74. The minimum Gasteiger partial charge on any atom is -0.355 e. The van der Waals surface area contributed by atoms with E-state index in [4.69, 9.17) is 0 Å². The summed E-state index contributed by atoms with van der Waals surface area (Å²) >= 11 is 0. The van der Waals surface area contributed by atoms with E-state index in [1.54, 1.807) is 7.05 Å². The van der Waals surface area contributed by atoms with Crippen LogP contribution in [0.1, 0.15) is 33.1 Å². The van der Waals surface area contributed by atoms with Crippen molar-refractivity contribution in [1.82, 2.24) is 20.4 Å². The molecular formula is C17H33F3IN5. The maximum atomic E-state index is 12.5. The Morgan fingerprint density at radius 1 is 1.23 bits per heavy atom. The van der Waals surface area contributed by atoms with Gasteiger partial charge >= 0.3 is 6.18 Å². The fourth-order valence-electron chi connectivity index (χ4n) is 3.74. The molecule has 0 amide bonds. The van der Waals surface area contributed by atoms with E-state index < -0.39 is 12.7 Å². The summed E-state index contributed by atoms with van der Waals surface area (Å²) in [5.41, 5.74) is 0. The summed E-state index contributed by atoms with van der Waals surface area (Å²) in [5, 5.41) is 6.59. The molecule has 3 atom stereocenters. The Balaban J connectivity index is 0.00000338. The van der Waals surface area contributed by atoms with E-state index >= 15 is 0 Å². The second kappa shape index (κ2) is 10.9. The van der Waals surface area contributed by atoms with Crippen molar-refractivity contribution in [3.05, 3.63) is 0 Å². The van der Waals surface area contributed by atoms with Crippen LogP contribution in [0, 0.1) is 5.92 Å². The van der Waals surface area contributed by atoms with E-state index in [0.717, 1.165) is 25.6 Å². The van der Waals surface area contributed by atoms with Crippen LogP contribution in [0.25, 0.3) is 0 Å². The van der Waals surface area contributed by atoms with Gasteiger partial charge in [0.25, 0.3) is 0 Å². The van der Waals surface area contributed by atoms with Gasteiger partial charge in [0.15, 0.2) is 5.96 Å². The average molecular weight is 491 g/mol. The topological polar surface area (TPSA) is 42.9 Å². The van der Waals surface area contributed by atoms with Gasteiger partial charge in [0.05, 0.1) is 6.54 Å². The van der Waals surface area contributed by atoms with Gasteiger partial charge in [0.2, 0.25) is 0 Å². The van der Waals surface area contributed by atoms with Crippen LogP contribution in [-0.2, 0) is 0 Å². The van der Waals surface area contributed by atoms with E-state index in [2.05, 4.69) is 34.4 Å². The lowest BCUT2D eigenvalue weighted by Gasteiger charge is -2.35. The van der Waals surface area contributed by atoms with Gasteiger partial charge in [-0.15, -0.1) is 24.0 Å². The molecule has 2 aliphatic heterocycles. The summed E-state index contributed by atoms with van der Waals surface area (Å²) in [7, 11) is 1.70. The lowest BCUT2D eigenvalue weighted by molar-refractivity contribution is -0.143. The molecule has 0 aromatic carbocycles. The molecule has 0 aliphatic carbocycles. The van der Waals surface area contributed by atoms with Gasteiger partial charge < -0.3 is 10.6 Å². The number of halogens is 4. The highest BCUT2D eigenvalue weighted by Gasteiger charge is 2.34. The molecule has 0 spiro atoms. The molecule has 3 unspecified atom stereocenters. The van der Waals surface area contributed by atoms with Gasteiger partial charge in [-0.25, -0.2) is 0 Å². The minimum atomic E-state index is -4.13.